The van der Waals surface area contributed by atoms with Crippen LogP contribution in [0, 0.1) is 27.7 Å². The van der Waals surface area contributed by atoms with Crippen LogP contribution in [0.5, 0.6) is 23.0 Å². The summed E-state index contributed by atoms with van der Waals surface area (Å²) in [5, 5.41) is 13.9. The predicted octanol–water partition coefficient (Wildman–Crippen LogP) is 16.1. The number of aryl methyl sites for hydroxylation is 4. The Morgan fingerprint density at radius 1 is 0.155 bits per heavy atom. The maximum Gasteiger partial charge on any atom is 0.346 e. The summed E-state index contributed by atoms with van der Waals surface area (Å²) in [5.74, 6) is 2.69. The Morgan fingerprint density at radius 2 is 0.273 bits per heavy atom. The molecule has 0 unspecified atom stereocenters. The summed E-state index contributed by atoms with van der Waals surface area (Å²) in [4.78, 5) is 0. The number of hydrogen-bond donors (Lipinski definition) is 0. The summed E-state index contributed by atoms with van der Waals surface area (Å²) < 4.78 is 31.9. The summed E-state index contributed by atoms with van der Waals surface area (Å²) in [6, 6.07) is 158. The van der Waals surface area contributed by atoms with Crippen LogP contribution in [-0.2, 0) is 0 Å². The van der Waals surface area contributed by atoms with Gasteiger partial charge in [-0.05, 0) is 159 Å². The maximum atomic E-state index is 7.99. The Hall–Kier alpha value is -12.4. The number of hydrogen-bond acceptors (Lipinski definition) is 4. The van der Waals surface area contributed by atoms with Crippen molar-refractivity contribution in [2.45, 2.75) is 39.5 Å². The molecule has 0 N–H and O–H groups in total. The van der Waals surface area contributed by atoms with Crippen LogP contribution in [0.15, 0.2) is 437 Å². The molecule has 8 heteroatoms. The summed E-state index contributed by atoms with van der Waals surface area (Å²) in [5.41, 5.74) is 8.63. The molecule has 534 valence electrons. The van der Waals surface area contributed by atoms with Gasteiger partial charge in [0, 0.05) is 11.8 Å². The van der Waals surface area contributed by atoms with E-state index in [9.17, 15) is 0 Å². The van der Waals surface area contributed by atoms with Gasteiger partial charge in [-0.1, -0.05) is 413 Å². The molecule has 16 rings (SSSR count). The van der Waals surface area contributed by atoms with E-state index in [0.717, 1.165) is 130 Å². The van der Waals surface area contributed by atoms with Gasteiger partial charge < -0.3 is 17.7 Å². The van der Waals surface area contributed by atoms with Gasteiger partial charge >= 0.3 is 33.3 Å². The van der Waals surface area contributed by atoms with E-state index in [0.29, 0.717) is 0 Å². The zero-order chi connectivity index (χ0) is 74.8. The molecule has 0 heterocycles. The van der Waals surface area contributed by atoms with Gasteiger partial charge in [-0.2, -0.15) is 0 Å². The highest BCUT2D eigenvalue weighted by atomic mass is 28.4. The molecule has 16 aromatic carbocycles. The molecule has 0 atom stereocenters. The summed E-state index contributed by atoms with van der Waals surface area (Å²) in [7, 11) is -13.0. The van der Waals surface area contributed by atoms with Crippen molar-refractivity contribution in [1.29, 1.82) is 0 Å². The van der Waals surface area contributed by atoms with Gasteiger partial charge in [0.2, 0.25) is 0 Å². The second kappa shape index (κ2) is 32.2. The first-order valence-corrected chi connectivity index (χ1v) is 45.6. The Bertz CT molecular complexity index is 4600. The van der Waals surface area contributed by atoms with Gasteiger partial charge in [0.15, 0.2) is 0 Å². The second-order valence-electron chi connectivity index (χ2n) is 28.6. The highest BCUT2D eigenvalue weighted by Crippen LogP contribution is 2.47. The van der Waals surface area contributed by atoms with Crippen LogP contribution >= 0.6 is 0 Å². The fourth-order valence-corrected chi connectivity index (χ4v) is 32.1. The second-order valence-corrected chi connectivity index (χ2v) is 41.8. The van der Waals surface area contributed by atoms with Gasteiger partial charge in [-0.3, -0.25) is 0 Å². The molecule has 0 saturated heterocycles. The lowest BCUT2D eigenvalue weighted by Crippen LogP contribution is -2.71. The summed E-state index contributed by atoms with van der Waals surface area (Å²) in [6.07, 6.45) is 0. The van der Waals surface area contributed by atoms with Crippen LogP contribution < -0.4 is 79.9 Å². The first-order valence-electron chi connectivity index (χ1n) is 38.0. The molecule has 0 aliphatic heterocycles. The molecule has 0 spiro atoms. The lowest BCUT2D eigenvalue weighted by Gasteiger charge is -2.36. The predicted molar refractivity (Wildman–Crippen MR) is 467 cm³/mol. The van der Waals surface area contributed by atoms with Crippen molar-refractivity contribution in [2.24, 2.45) is 0 Å². The van der Waals surface area contributed by atoms with Crippen molar-refractivity contribution in [3.63, 3.8) is 0 Å². The smallest absolute Gasteiger partial charge is 0.346 e. The Kier molecular flexibility index (Phi) is 21.0. The fraction of sp³-hybridized carbons (Fsp3) is 0.0588. The van der Waals surface area contributed by atoms with Crippen LogP contribution in [0.2, 0.25) is 0 Å². The van der Waals surface area contributed by atoms with Crippen molar-refractivity contribution in [3.8, 4) is 23.0 Å². The minimum absolute atomic E-state index is 0.315. The standard InChI is InChI=1S/C102H86O4Si4/c1-77-73-81(65-69-97(77)103-107(85-41-17-5-18-42-85,86-43-19-6-20-44-86)87-45-21-7-22-46-87)101(82-66-70-98(78(2)74-82)104-108(88-47-23-8-24-48-88,89-49-25-9-26-50-89)90-51-27-10-28-52-90)102(83-67-71-99(79(3)75-83)105-109(91-53-29-11-30-54-91,92-55-31-12-32-56-92)93-57-33-13-34-58-93)84-68-72-100(80(4)76-84)106-110(94-59-35-14-36-60-94,95-61-37-15-38-62-95)96-63-39-16-40-64-96/h5-76,101-102H,1-4H3. The molecule has 110 heavy (non-hydrogen) atoms. The third-order valence-electron chi connectivity index (χ3n) is 21.8. The third kappa shape index (κ3) is 14.0. The number of benzene rings is 16. The van der Waals surface area contributed by atoms with E-state index in [1.54, 1.807) is 0 Å². The molecule has 0 fully saturated rings. The van der Waals surface area contributed by atoms with Crippen molar-refractivity contribution < 1.29 is 17.7 Å². The van der Waals surface area contributed by atoms with E-state index in [-0.39, 0.29) is 11.8 Å². The molecule has 0 aromatic heterocycles. The van der Waals surface area contributed by atoms with E-state index in [4.69, 9.17) is 17.7 Å². The van der Waals surface area contributed by atoms with Gasteiger partial charge in [-0.25, -0.2) is 0 Å². The summed E-state index contributed by atoms with van der Waals surface area (Å²) >= 11 is 0. The zero-order valence-electron chi connectivity index (χ0n) is 62.4. The monoisotopic (exact) mass is 1490 g/mol. The molecule has 0 amide bonds. The Balaban J connectivity index is 0.917. The van der Waals surface area contributed by atoms with Crippen LogP contribution in [-0.4, -0.2) is 33.3 Å². The molecule has 0 aliphatic carbocycles. The van der Waals surface area contributed by atoms with Crippen molar-refractivity contribution >= 4 is 95.5 Å². The van der Waals surface area contributed by atoms with E-state index in [1.165, 1.54) is 0 Å². The van der Waals surface area contributed by atoms with Crippen molar-refractivity contribution in [2.75, 3.05) is 0 Å². The SMILES string of the molecule is Cc1cc(C(c2ccc(O[Si](c3ccccc3)(c3ccccc3)c3ccccc3)c(C)c2)C(c2ccc(O[Si](c3ccccc3)(c3ccccc3)c3ccccc3)c(C)c2)c2ccc(O[Si](c3ccccc3)(c3ccccc3)c3ccccc3)c(C)c2)ccc1O[Si](c1ccccc1)(c1ccccc1)c1ccccc1. The molecular formula is C102H86O4Si4. The van der Waals surface area contributed by atoms with Gasteiger partial charge in [0.25, 0.3) is 0 Å². The first-order chi connectivity index (χ1) is 54.2. The lowest BCUT2D eigenvalue weighted by molar-refractivity contribution is 0.566. The fourth-order valence-electron chi connectivity index (χ4n) is 16.5. The largest absolute Gasteiger partial charge is 0.530 e. The minimum Gasteiger partial charge on any atom is -0.530 e. The molecular weight excluding hydrogens is 1400 g/mol. The molecule has 16 aromatic rings. The van der Waals surface area contributed by atoms with Gasteiger partial charge in [0.1, 0.15) is 23.0 Å². The third-order valence-corrected chi connectivity index (χ3v) is 37.6. The van der Waals surface area contributed by atoms with Crippen LogP contribution in [0.4, 0.5) is 0 Å². The molecule has 4 nitrogen and oxygen atoms in total. The quantitative estimate of drug-likeness (QED) is 0.0422. The van der Waals surface area contributed by atoms with Crippen LogP contribution in [0.1, 0.15) is 56.3 Å². The Morgan fingerprint density at radius 3 is 0.382 bits per heavy atom. The van der Waals surface area contributed by atoms with Crippen molar-refractivity contribution in [1.82, 2.24) is 0 Å². The van der Waals surface area contributed by atoms with Crippen LogP contribution in [0.25, 0.3) is 0 Å². The minimum atomic E-state index is -3.26. The summed E-state index contributed by atoms with van der Waals surface area (Å²) in [6.45, 7) is 8.91. The highest BCUT2D eigenvalue weighted by Gasteiger charge is 2.49. The van der Waals surface area contributed by atoms with Crippen LogP contribution in [0.3, 0.4) is 0 Å². The topological polar surface area (TPSA) is 36.9 Å². The van der Waals surface area contributed by atoms with Gasteiger partial charge in [-0.15, -0.1) is 0 Å². The highest BCUT2D eigenvalue weighted by molar-refractivity contribution is 7.09. The molecule has 0 radical (unpaired) electrons. The molecule has 0 aliphatic rings. The number of rotatable bonds is 25. The average molecular weight is 1490 g/mol. The normalized spacial score (nSPS) is 11.8. The van der Waals surface area contributed by atoms with Crippen molar-refractivity contribution in [3.05, 3.63) is 481 Å². The van der Waals surface area contributed by atoms with E-state index < -0.39 is 33.3 Å². The zero-order valence-corrected chi connectivity index (χ0v) is 66.4. The molecule has 0 saturated carbocycles. The molecule has 0 bridgehead atoms. The van der Waals surface area contributed by atoms with E-state index in [2.05, 4.69) is 464 Å². The maximum absolute atomic E-state index is 7.99. The van der Waals surface area contributed by atoms with E-state index >= 15 is 0 Å². The lowest BCUT2D eigenvalue weighted by atomic mass is 9.72. The first kappa shape index (κ1) is 71.8. The average Bonchev–Trinajstić information content (AvgIpc) is 0.677. The van der Waals surface area contributed by atoms with Gasteiger partial charge in [0.05, 0.1) is 0 Å². The van der Waals surface area contributed by atoms with E-state index in [1.807, 2.05) is 0 Å². The Labute approximate surface area is 652 Å².